The van der Waals surface area contributed by atoms with E-state index in [0.29, 0.717) is 10.2 Å². The summed E-state index contributed by atoms with van der Waals surface area (Å²) in [6.07, 6.45) is 3.25. The molecule has 5 rings (SSSR count). The number of nitrogens with one attached hydrogen (secondary N) is 1. The van der Waals surface area contributed by atoms with Crippen molar-refractivity contribution in [3.05, 3.63) is 65.2 Å². The van der Waals surface area contributed by atoms with Crippen LogP contribution >= 0.6 is 23.4 Å². The van der Waals surface area contributed by atoms with Gasteiger partial charge in [-0.15, -0.1) is 10.2 Å². The molecule has 3 aromatic rings. The quantitative estimate of drug-likeness (QED) is 0.577. The van der Waals surface area contributed by atoms with Crippen LogP contribution in [0.2, 0.25) is 5.02 Å². The molecule has 0 unspecified atom stereocenters. The monoisotopic (exact) mass is 467 g/mol. The molecule has 6 nitrogen and oxygen atoms in total. The van der Waals surface area contributed by atoms with E-state index < -0.39 is 0 Å². The molecule has 4 atom stereocenters. The summed E-state index contributed by atoms with van der Waals surface area (Å²) in [6, 6.07) is 17.9. The van der Waals surface area contributed by atoms with E-state index in [1.165, 1.54) is 11.8 Å². The number of halogens is 1. The van der Waals surface area contributed by atoms with Crippen LogP contribution in [-0.2, 0) is 4.79 Å². The lowest BCUT2D eigenvalue weighted by atomic mass is 9.95. The van der Waals surface area contributed by atoms with Gasteiger partial charge in [-0.1, -0.05) is 65.8 Å². The largest absolute Gasteiger partial charge is 0.336 e. The maximum atomic E-state index is 13.9. The molecule has 1 fully saturated rings. The fourth-order valence-electron chi connectivity index (χ4n) is 4.74. The summed E-state index contributed by atoms with van der Waals surface area (Å²) in [7, 11) is 0. The average Bonchev–Trinajstić information content (AvgIpc) is 3.22. The SMILES string of the molecule is C[C@@H]1CCC[C@H](C)N1C(=O)[C@@H]1Sc2nnc(-c3ccccc3)n2N[C@@H]1c1ccc(Cl)cc1. The van der Waals surface area contributed by atoms with Crippen molar-refractivity contribution in [2.45, 2.75) is 61.6 Å². The van der Waals surface area contributed by atoms with Crippen LogP contribution in [-0.4, -0.2) is 43.0 Å². The normalized spacial score (nSPS) is 25.2. The van der Waals surface area contributed by atoms with Crippen molar-refractivity contribution in [3.63, 3.8) is 0 Å². The number of benzene rings is 2. The van der Waals surface area contributed by atoms with Crippen LogP contribution in [0.5, 0.6) is 0 Å². The molecule has 0 spiro atoms. The molecule has 2 aliphatic rings. The molecule has 166 valence electrons. The summed E-state index contributed by atoms with van der Waals surface area (Å²) < 4.78 is 1.91. The van der Waals surface area contributed by atoms with E-state index in [9.17, 15) is 4.79 Å². The van der Waals surface area contributed by atoms with Crippen LogP contribution < -0.4 is 5.43 Å². The Hall–Kier alpha value is -2.51. The molecule has 1 amide bonds. The van der Waals surface area contributed by atoms with Crippen molar-refractivity contribution in [2.24, 2.45) is 0 Å². The fraction of sp³-hybridized carbons (Fsp3) is 0.375. The molecule has 0 aliphatic carbocycles. The van der Waals surface area contributed by atoms with E-state index in [1.807, 2.05) is 59.3 Å². The van der Waals surface area contributed by atoms with Crippen molar-refractivity contribution in [2.75, 3.05) is 5.43 Å². The molecule has 8 heteroatoms. The summed E-state index contributed by atoms with van der Waals surface area (Å²) >= 11 is 7.64. The Morgan fingerprint density at radius 3 is 2.41 bits per heavy atom. The van der Waals surface area contributed by atoms with Gasteiger partial charge in [0.25, 0.3) is 0 Å². The zero-order chi connectivity index (χ0) is 22.2. The first-order chi connectivity index (χ1) is 15.5. The number of rotatable bonds is 3. The minimum atomic E-state index is -0.348. The number of carbonyl (C=O) groups excluding carboxylic acids is 1. The number of thioether (sulfide) groups is 1. The third-order valence-electron chi connectivity index (χ3n) is 6.39. The van der Waals surface area contributed by atoms with Gasteiger partial charge in [-0.3, -0.25) is 4.79 Å². The van der Waals surface area contributed by atoms with Gasteiger partial charge in [-0.25, -0.2) is 4.68 Å². The molecule has 0 radical (unpaired) electrons. The van der Waals surface area contributed by atoms with Crippen LogP contribution in [0.25, 0.3) is 11.4 Å². The van der Waals surface area contributed by atoms with Crippen LogP contribution in [0.15, 0.2) is 59.8 Å². The van der Waals surface area contributed by atoms with Crippen molar-refractivity contribution in [1.29, 1.82) is 0 Å². The van der Waals surface area contributed by atoms with Crippen LogP contribution in [0.3, 0.4) is 0 Å². The summed E-state index contributed by atoms with van der Waals surface area (Å²) in [5.41, 5.74) is 5.54. The van der Waals surface area contributed by atoms with E-state index in [4.69, 9.17) is 11.6 Å². The number of piperidine rings is 1. The van der Waals surface area contributed by atoms with Gasteiger partial charge in [0, 0.05) is 22.7 Å². The van der Waals surface area contributed by atoms with Gasteiger partial charge < -0.3 is 10.3 Å². The lowest BCUT2D eigenvalue weighted by Gasteiger charge is -2.43. The van der Waals surface area contributed by atoms with Crippen molar-refractivity contribution >= 4 is 29.3 Å². The number of carbonyl (C=O) groups is 1. The fourth-order valence-corrected chi connectivity index (χ4v) is 6.00. The summed E-state index contributed by atoms with van der Waals surface area (Å²) in [5.74, 6) is 0.885. The second-order valence-corrected chi connectivity index (χ2v) is 10.1. The number of nitrogens with zero attached hydrogens (tertiary/aromatic N) is 4. The molecule has 32 heavy (non-hydrogen) atoms. The molecular formula is C24H26ClN5OS. The zero-order valence-corrected chi connectivity index (χ0v) is 19.7. The standard InChI is InChI=1S/C24H26ClN5OS/c1-15-7-6-8-16(2)29(15)23(31)21-20(17-11-13-19(25)14-12-17)28-30-22(26-27-24(30)32-21)18-9-4-3-5-10-18/h3-5,9-16,20-21,28H,6-8H2,1-2H3/t15-,16+,20-,21-/m1/s1. The van der Waals surface area contributed by atoms with Crippen LogP contribution in [0.4, 0.5) is 0 Å². The number of aromatic nitrogens is 3. The molecule has 3 heterocycles. The molecule has 2 aliphatic heterocycles. The summed E-state index contributed by atoms with van der Waals surface area (Å²) in [6.45, 7) is 4.31. The maximum Gasteiger partial charge on any atom is 0.239 e. The highest BCUT2D eigenvalue weighted by Crippen LogP contribution is 2.40. The first kappa shape index (κ1) is 21.3. The first-order valence-corrected chi connectivity index (χ1v) is 12.3. The molecule has 1 N–H and O–H groups in total. The van der Waals surface area contributed by atoms with E-state index in [-0.39, 0.29) is 29.3 Å². The second kappa shape index (κ2) is 8.79. The lowest BCUT2D eigenvalue weighted by molar-refractivity contribution is -0.137. The predicted molar refractivity (Wildman–Crippen MR) is 128 cm³/mol. The molecule has 2 aromatic carbocycles. The number of likely N-dealkylation sites (tertiary alicyclic amines) is 1. The molecule has 0 saturated carbocycles. The number of amides is 1. The van der Waals surface area contributed by atoms with Gasteiger partial charge >= 0.3 is 0 Å². The van der Waals surface area contributed by atoms with Crippen molar-refractivity contribution in [3.8, 4) is 11.4 Å². The number of fused-ring (bicyclic) bond motifs is 1. The molecular weight excluding hydrogens is 442 g/mol. The van der Waals surface area contributed by atoms with Gasteiger partial charge in [0.1, 0.15) is 5.25 Å². The second-order valence-electron chi connectivity index (χ2n) is 8.58. The van der Waals surface area contributed by atoms with Gasteiger partial charge in [0.05, 0.1) is 6.04 Å². The maximum absolute atomic E-state index is 13.9. The Balaban J connectivity index is 1.54. The highest BCUT2D eigenvalue weighted by atomic mass is 35.5. The Morgan fingerprint density at radius 1 is 1.03 bits per heavy atom. The van der Waals surface area contributed by atoms with Gasteiger partial charge in [-0.2, -0.15) is 0 Å². The van der Waals surface area contributed by atoms with E-state index >= 15 is 0 Å². The van der Waals surface area contributed by atoms with E-state index in [0.717, 1.165) is 36.2 Å². The van der Waals surface area contributed by atoms with Crippen molar-refractivity contribution in [1.82, 2.24) is 19.8 Å². The third kappa shape index (κ3) is 3.88. The summed E-state index contributed by atoms with van der Waals surface area (Å²) in [4.78, 5) is 16.0. The molecule has 0 bridgehead atoms. The van der Waals surface area contributed by atoms with Gasteiger partial charge in [0.15, 0.2) is 5.82 Å². The number of hydrogen-bond acceptors (Lipinski definition) is 5. The van der Waals surface area contributed by atoms with E-state index in [1.54, 1.807) is 0 Å². The highest BCUT2D eigenvalue weighted by molar-refractivity contribution is 8.00. The minimum absolute atomic E-state index is 0.151. The highest BCUT2D eigenvalue weighted by Gasteiger charge is 2.42. The van der Waals surface area contributed by atoms with Gasteiger partial charge in [-0.05, 0) is 50.8 Å². The predicted octanol–water partition coefficient (Wildman–Crippen LogP) is 5.15. The third-order valence-corrected chi connectivity index (χ3v) is 7.84. The van der Waals surface area contributed by atoms with Gasteiger partial charge in [0.2, 0.25) is 11.1 Å². The summed E-state index contributed by atoms with van der Waals surface area (Å²) in [5, 5.41) is 9.87. The zero-order valence-electron chi connectivity index (χ0n) is 18.1. The Bertz CT molecular complexity index is 1090. The Morgan fingerprint density at radius 2 is 1.72 bits per heavy atom. The molecule has 1 aromatic heterocycles. The Kier molecular flexibility index (Phi) is 5.86. The molecule has 1 saturated heterocycles. The minimum Gasteiger partial charge on any atom is -0.336 e. The van der Waals surface area contributed by atoms with Crippen LogP contribution in [0, 0.1) is 0 Å². The van der Waals surface area contributed by atoms with Crippen molar-refractivity contribution < 1.29 is 4.79 Å². The average molecular weight is 468 g/mol. The Labute approximate surface area is 197 Å². The van der Waals surface area contributed by atoms with Crippen LogP contribution in [0.1, 0.15) is 44.7 Å². The topological polar surface area (TPSA) is 63.1 Å². The van der Waals surface area contributed by atoms with E-state index in [2.05, 4.69) is 34.4 Å². The lowest BCUT2D eigenvalue weighted by Crippen LogP contribution is -2.53. The first-order valence-electron chi connectivity index (χ1n) is 11.0. The smallest absolute Gasteiger partial charge is 0.239 e. The number of hydrogen-bond donors (Lipinski definition) is 1.